The van der Waals surface area contributed by atoms with E-state index in [1.54, 1.807) is 6.20 Å². The van der Waals surface area contributed by atoms with Crippen LogP contribution in [0.3, 0.4) is 0 Å². The number of hydrogen-bond donors (Lipinski definition) is 3. The van der Waals surface area contributed by atoms with E-state index < -0.39 is 0 Å². The van der Waals surface area contributed by atoms with Crippen molar-refractivity contribution in [3.8, 4) is 16.9 Å². The number of pyridine rings is 3. The Bertz CT molecular complexity index is 1930. The monoisotopic (exact) mass is 746 g/mol. The second-order valence-corrected chi connectivity index (χ2v) is 15.5. The summed E-state index contributed by atoms with van der Waals surface area (Å²) in [6.07, 6.45) is 11.2. The Labute approximate surface area is 325 Å². The molecule has 5 aromatic rings. The number of aryl methyl sites for hydroxylation is 1. The smallest absolute Gasteiger partial charge is 0.138 e. The molecule has 8 heterocycles. The van der Waals surface area contributed by atoms with Gasteiger partial charge in [0.2, 0.25) is 0 Å². The van der Waals surface area contributed by atoms with Gasteiger partial charge in [-0.25, -0.2) is 4.98 Å². The highest BCUT2D eigenvalue weighted by Crippen LogP contribution is 2.33. The van der Waals surface area contributed by atoms with Crippen molar-refractivity contribution < 1.29 is 4.74 Å². The highest BCUT2D eigenvalue weighted by molar-refractivity contribution is 6.32. The van der Waals surface area contributed by atoms with Crippen molar-refractivity contribution in [2.24, 2.45) is 17.8 Å². The first-order valence-electron chi connectivity index (χ1n) is 19.3. The van der Waals surface area contributed by atoms with Gasteiger partial charge in [-0.05, 0) is 86.4 Å². The van der Waals surface area contributed by atoms with Crippen LogP contribution in [-0.2, 0) is 0 Å². The Hall–Kier alpha value is -4.28. The van der Waals surface area contributed by atoms with Gasteiger partial charge in [0.1, 0.15) is 17.5 Å². The van der Waals surface area contributed by atoms with Crippen LogP contribution < -0.4 is 30.5 Å². The number of nitrogens with one attached hydrogen (secondary N) is 3. The van der Waals surface area contributed by atoms with E-state index in [9.17, 15) is 0 Å². The van der Waals surface area contributed by atoms with Gasteiger partial charge < -0.3 is 30.5 Å². The molecule has 0 amide bonds. The molecule has 5 saturated heterocycles. The molecular formula is C44H55ClN8O. The topological polar surface area (TPSA) is 90.5 Å². The summed E-state index contributed by atoms with van der Waals surface area (Å²) in [5.41, 5.74) is 6.84. The highest BCUT2D eigenvalue weighted by atomic mass is 35.5. The summed E-state index contributed by atoms with van der Waals surface area (Å²) in [5.74, 6) is 3.28. The number of fused-ring (bicyclic) bond motifs is 3. The molecule has 284 valence electrons. The van der Waals surface area contributed by atoms with Gasteiger partial charge >= 0.3 is 0 Å². The number of rotatable bonds is 6. The number of benzene rings is 2. The Balaban J connectivity index is 0.000000126. The van der Waals surface area contributed by atoms with Crippen LogP contribution in [0, 0.1) is 24.7 Å². The Morgan fingerprint density at radius 2 is 1.61 bits per heavy atom. The van der Waals surface area contributed by atoms with Crippen LogP contribution >= 0.6 is 11.6 Å². The van der Waals surface area contributed by atoms with Crippen LogP contribution in [0.25, 0.3) is 22.0 Å². The van der Waals surface area contributed by atoms with E-state index in [2.05, 4.69) is 102 Å². The number of nitrogens with zero attached hydrogens (tertiary/aromatic N) is 5. The van der Waals surface area contributed by atoms with Crippen LogP contribution in [-0.4, -0.2) is 86.0 Å². The van der Waals surface area contributed by atoms with Crippen molar-refractivity contribution in [2.75, 3.05) is 68.8 Å². The molecule has 5 fully saturated rings. The molecule has 0 spiro atoms. The molecule has 5 atom stereocenters. The number of aromatic nitrogens is 3. The van der Waals surface area contributed by atoms with Crippen molar-refractivity contribution in [3.05, 3.63) is 108 Å². The average Bonchev–Trinajstić information content (AvgIpc) is 4.04. The standard InChI is InChI=1S/C17H19ClN2O.C15H17N3.C11H15N3.CH4/c1-12-4-6-13(7-5-12)16-9-15(10-20-17(16)18)21-11-14-3-2-8-19-14;1-2-4-15-11(3-1)5-14(8-17-15)18-9-12-6-16-7-13(12)10-18;1-2-10(7-12-4-1)14-5-3-9-6-13-8-11(9)14;/h4-7,9-10,14,19H,2-3,8,11H2,1H3;1-5,8,12-13,16H,6-7,9-10H2;1-2,4,7,9,11,13H,3,5-6,8H2;1H4/t14-;;9-,11+;/m0.1./s1. The second kappa shape index (κ2) is 17.9. The molecule has 3 aromatic heterocycles. The zero-order valence-corrected chi connectivity index (χ0v) is 31.4. The van der Waals surface area contributed by atoms with E-state index in [0.717, 1.165) is 53.2 Å². The molecular weight excluding hydrogens is 692 g/mol. The Morgan fingerprint density at radius 1 is 0.815 bits per heavy atom. The molecule has 0 saturated carbocycles. The number of ether oxygens (including phenoxy) is 1. The zero-order chi connectivity index (χ0) is 36.0. The fourth-order valence-corrected chi connectivity index (χ4v) is 8.74. The predicted molar refractivity (Wildman–Crippen MR) is 223 cm³/mol. The molecule has 10 heteroatoms. The van der Waals surface area contributed by atoms with E-state index in [1.807, 2.05) is 36.8 Å². The minimum absolute atomic E-state index is 0. The summed E-state index contributed by atoms with van der Waals surface area (Å²) in [4.78, 5) is 18.0. The maximum absolute atomic E-state index is 6.22. The van der Waals surface area contributed by atoms with Crippen molar-refractivity contribution in [2.45, 2.75) is 45.7 Å². The Kier molecular flexibility index (Phi) is 12.6. The van der Waals surface area contributed by atoms with Crippen molar-refractivity contribution in [1.82, 2.24) is 30.9 Å². The molecule has 0 bridgehead atoms. The maximum atomic E-state index is 6.22. The summed E-state index contributed by atoms with van der Waals surface area (Å²) in [6, 6.07) is 26.2. The minimum Gasteiger partial charge on any atom is -0.490 e. The van der Waals surface area contributed by atoms with Gasteiger partial charge in [-0.1, -0.05) is 67.1 Å². The summed E-state index contributed by atoms with van der Waals surface area (Å²) < 4.78 is 5.85. The molecule has 3 N–H and O–H groups in total. The highest BCUT2D eigenvalue weighted by Gasteiger charge is 2.38. The summed E-state index contributed by atoms with van der Waals surface area (Å²) in [5, 5.41) is 12.1. The van der Waals surface area contributed by atoms with Gasteiger partial charge in [-0.15, -0.1) is 0 Å². The van der Waals surface area contributed by atoms with Gasteiger partial charge in [-0.2, -0.15) is 0 Å². The van der Waals surface area contributed by atoms with Crippen molar-refractivity contribution in [3.63, 3.8) is 0 Å². The molecule has 10 rings (SSSR count). The van der Waals surface area contributed by atoms with Crippen LogP contribution in [0.2, 0.25) is 5.15 Å². The molecule has 5 aliphatic heterocycles. The lowest BCUT2D eigenvalue weighted by Gasteiger charge is -2.25. The van der Waals surface area contributed by atoms with Crippen molar-refractivity contribution >= 4 is 33.9 Å². The quantitative estimate of drug-likeness (QED) is 0.156. The fraction of sp³-hybridized carbons (Fsp3) is 0.432. The van der Waals surface area contributed by atoms with Gasteiger partial charge in [-0.3, -0.25) is 9.97 Å². The van der Waals surface area contributed by atoms with Crippen LogP contribution in [0.4, 0.5) is 11.4 Å². The lowest BCUT2D eigenvalue weighted by atomic mass is 10.0. The number of halogens is 1. The zero-order valence-electron chi connectivity index (χ0n) is 30.6. The molecule has 0 radical (unpaired) electrons. The van der Waals surface area contributed by atoms with E-state index in [-0.39, 0.29) is 7.43 Å². The molecule has 5 aliphatic rings. The van der Waals surface area contributed by atoms with Crippen LogP contribution in [0.5, 0.6) is 5.75 Å². The number of hydrogen-bond acceptors (Lipinski definition) is 9. The van der Waals surface area contributed by atoms with Gasteiger partial charge in [0.05, 0.1) is 35.5 Å². The summed E-state index contributed by atoms with van der Waals surface area (Å²) in [7, 11) is 0. The lowest BCUT2D eigenvalue weighted by molar-refractivity contribution is 0.276. The van der Waals surface area contributed by atoms with E-state index in [1.165, 1.54) is 80.9 Å². The maximum Gasteiger partial charge on any atom is 0.138 e. The average molecular weight is 747 g/mol. The molecule has 2 aromatic carbocycles. The molecule has 0 aliphatic carbocycles. The fourth-order valence-electron chi connectivity index (χ4n) is 8.53. The first-order chi connectivity index (χ1) is 26.1. The van der Waals surface area contributed by atoms with E-state index in [4.69, 9.17) is 16.3 Å². The third kappa shape index (κ3) is 8.98. The normalized spacial score (nSPS) is 23.9. The van der Waals surface area contributed by atoms with Crippen LogP contribution in [0.15, 0.2) is 97.6 Å². The first-order valence-corrected chi connectivity index (χ1v) is 19.7. The van der Waals surface area contributed by atoms with Crippen LogP contribution in [0.1, 0.15) is 32.3 Å². The first kappa shape index (κ1) is 38.0. The van der Waals surface area contributed by atoms with E-state index >= 15 is 0 Å². The summed E-state index contributed by atoms with van der Waals surface area (Å²) in [6.45, 7) is 12.1. The van der Waals surface area contributed by atoms with Gasteiger partial charge in [0, 0.05) is 75.0 Å². The lowest BCUT2D eigenvalue weighted by Crippen LogP contribution is -2.34. The number of anilines is 2. The second-order valence-electron chi connectivity index (χ2n) is 15.1. The SMILES string of the molecule is C.Cc1ccc(-c2cc(OC[C@@H]3CCCN3)cnc2Cl)cc1.c1ccc2ncc(N3CC4CNCC4C3)cc2c1.c1cncc(N2CC[C@@H]3CNC[C@@H]32)c1. The third-order valence-corrected chi connectivity index (χ3v) is 11.8. The molecule has 2 unspecified atom stereocenters. The van der Waals surface area contributed by atoms with Crippen molar-refractivity contribution in [1.29, 1.82) is 0 Å². The third-order valence-electron chi connectivity index (χ3n) is 11.5. The largest absolute Gasteiger partial charge is 0.490 e. The summed E-state index contributed by atoms with van der Waals surface area (Å²) >= 11 is 6.22. The van der Waals surface area contributed by atoms with E-state index in [0.29, 0.717) is 23.8 Å². The predicted octanol–water partition coefficient (Wildman–Crippen LogP) is 7.25. The molecule has 9 nitrogen and oxygen atoms in total. The number of para-hydroxylation sites is 1. The van der Waals surface area contributed by atoms with Gasteiger partial charge in [0.15, 0.2) is 0 Å². The minimum atomic E-state index is 0. The Morgan fingerprint density at radius 3 is 2.39 bits per heavy atom. The van der Waals surface area contributed by atoms with Gasteiger partial charge in [0.25, 0.3) is 0 Å². The molecule has 54 heavy (non-hydrogen) atoms.